The van der Waals surface area contributed by atoms with Gasteiger partial charge in [0.1, 0.15) is 0 Å². The Balaban J connectivity index is 2.17. The van der Waals surface area contributed by atoms with Gasteiger partial charge in [0.2, 0.25) is 0 Å². The van der Waals surface area contributed by atoms with Gasteiger partial charge in [-0.05, 0) is 11.6 Å². The SMILES string of the molecule is CN1C=CC2C(=C1)N(C)c1ccccc12. The van der Waals surface area contributed by atoms with Gasteiger partial charge in [-0.3, -0.25) is 0 Å². The van der Waals surface area contributed by atoms with E-state index in [1.807, 2.05) is 0 Å². The van der Waals surface area contributed by atoms with Crippen molar-refractivity contribution >= 4 is 5.69 Å². The molecule has 2 heteroatoms. The van der Waals surface area contributed by atoms with Crippen LogP contribution < -0.4 is 4.90 Å². The van der Waals surface area contributed by atoms with Gasteiger partial charge in [0.25, 0.3) is 0 Å². The molecule has 0 aliphatic carbocycles. The summed E-state index contributed by atoms with van der Waals surface area (Å²) in [7, 11) is 4.20. The van der Waals surface area contributed by atoms with Gasteiger partial charge in [-0.2, -0.15) is 0 Å². The van der Waals surface area contributed by atoms with Crippen molar-refractivity contribution in [3.63, 3.8) is 0 Å². The zero-order valence-electron chi connectivity index (χ0n) is 9.01. The number of para-hydroxylation sites is 1. The Bertz CT molecular complexity index is 459. The van der Waals surface area contributed by atoms with E-state index >= 15 is 0 Å². The largest absolute Gasteiger partial charge is 0.356 e. The molecule has 2 heterocycles. The molecule has 0 aromatic heterocycles. The molecule has 2 aliphatic heterocycles. The summed E-state index contributed by atoms with van der Waals surface area (Å²) in [6.45, 7) is 0. The summed E-state index contributed by atoms with van der Waals surface area (Å²) in [4.78, 5) is 4.38. The van der Waals surface area contributed by atoms with Crippen LogP contribution in [0.5, 0.6) is 0 Å². The lowest BCUT2D eigenvalue weighted by Gasteiger charge is -2.23. The van der Waals surface area contributed by atoms with Crippen molar-refractivity contribution in [3.8, 4) is 0 Å². The summed E-state index contributed by atoms with van der Waals surface area (Å²) < 4.78 is 0. The smallest absolute Gasteiger partial charge is 0.0475 e. The van der Waals surface area contributed by atoms with Gasteiger partial charge < -0.3 is 9.80 Å². The van der Waals surface area contributed by atoms with Crippen LogP contribution in [0, 0.1) is 0 Å². The molecule has 1 unspecified atom stereocenters. The summed E-state index contributed by atoms with van der Waals surface area (Å²) in [5.41, 5.74) is 4.10. The fourth-order valence-corrected chi connectivity index (χ4v) is 2.41. The monoisotopic (exact) mass is 198 g/mol. The van der Waals surface area contributed by atoms with Crippen molar-refractivity contribution in [2.24, 2.45) is 0 Å². The Hall–Kier alpha value is -1.70. The second-order valence-electron chi connectivity index (χ2n) is 4.16. The molecule has 3 rings (SSSR count). The third kappa shape index (κ3) is 1.11. The molecule has 1 aromatic carbocycles. The topological polar surface area (TPSA) is 6.48 Å². The number of allylic oxidation sites excluding steroid dienone is 1. The van der Waals surface area contributed by atoms with Crippen LogP contribution in [0.4, 0.5) is 5.69 Å². The maximum atomic E-state index is 2.28. The summed E-state index contributed by atoms with van der Waals surface area (Å²) in [5.74, 6) is 0.447. The zero-order chi connectivity index (χ0) is 10.4. The van der Waals surface area contributed by atoms with Crippen LogP contribution in [0.1, 0.15) is 11.5 Å². The lowest BCUT2D eigenvalue weighted by molar-refractivity contribution is 0.593. The number of anilines is 1. The van der Waals surface area contributed by atoms with Crippen molar-refractivity contribution < 1.29 is 0 Å². The van der Waals surface area contributed by atoms with Crippen molar-refractivity contribution in [1.82, 2.24) is 4.90 Å². The second-order valence-corrected chi connectivity index (χ2v) is 4.16. The van der Waals surface area contributed by atoms with Gasteiger partial charge in [0.05, 0.1) is 0 Å². The number of fused-ring (bicyclic) bond motifs is 3. The first-order valence-corrected chi connectivity index (χ1v) is 5.22. The average molecular weight is 198 g/mol. The molecule has 1 aromatic rings. The van der Waals surface area contributed by atoms with E-state index in [1.165, 1.54) is 16.9 Å². The van der Waals surface area contributed by atoms with E-state index in [9.17, 15) is 0 Å². The highest BCUT2D eigenvalue weighted by Crippen LogP contribution is 2.44. The van der Waals surface area contributed by atoms with Crippen LogP contribution in [0.15, 0.2) is 48.4 Å². The molecule has 0 saturated carbocycles. The van der Waals surface area contributed by atoms with E-state index in [1.54, 1.807) is 0 Å². The highest BCUT2D eigenvalue weighted by atomic mass is 15.2. The molecule has 0 bridgehead atoms. The first kappa shape index (κ1) is 8.60. The van der Waals surface area contributed by atoms with Gasteiger partial charge in [-0.15, -0.1) is 0 Å². The molecule has 2 aliphatic rings. The quantitative estimate of drug-likeness (QED) is 0.632. The zero-order valence-corrected chi connectivity index (χ0v) is 9.01. The first-order chi connectivity index (χ1) is 7.27. The summed E-state index contributed by atoms with van der Waals surface area (Å²) in [6.07, 6.45) is 6.59. The van der Waals surface area contributed by atoms with Gasteiger partial charge >= 0.3 is 0 Å². The Kier molecular flexibility index (Phi) is 1.66. The fraction of sp³-hybridized carbons (Fsp3) is 0.231. The second kappa shape index (κ2) is 2.89. The standard InChI is InChI=1S/C13H14N2/c1-14-8-7-11-10-5-3-4-6-12(10)15(2)13(11)9-14/h3-9,11H,1-2H3. The normalized spacial score (nSPS) is 22.5. The molecule has 76 valence electrons. The average Bonchev–Trinajstić information content (AvgIpc) is 2.54. The Morgan fingerprint density at radius 1 is 1.13 bits per heavy atom. The van der Waals surface area contributed by atoms with Gasteiger partial charge in [0.15, 0.2) is 0 Å². The predicted octanol–water partition coefficient (Wildman–Crippen LogP) is 2.52. The molecule has 0 fully saturated rings. The van der Waals surface area contributed by atoms with Crippen LogP contribution in [-0.4, -0.2) is 19.0 Å². The van der Waals surface area contributed by atoms with Gasteiger partial charge in [-0.1, -0.05) is 24.3 Å². The fourth-order valence-electron chi connectivity index (χ4n) is 2.41. The first-order valence-electron chi connectivity index (χ1n) is 5.22. The molecule has 0 saturated heterocycles. The molecule has 0 N–H and O–H groups in total. The van der Waals surface area contributed by atoms with Crippen LogP contribution in [-0.2, 0) is 0 Å². The lowest BCUT2D eigenvalue weighted by Crippen LogP contribution is -2.19. The summed E-state index contributed by atoms with van der Waals surface area (Å²) in [6, 6.07) is 8.61. The molecule has 0 amide bonds. The minimum atomic E-state index is 0.447. The highest BCUT2D eigenvalue weighted by molar-refractivity contribution is 5.69. The van der Waals surface area contributed by atoms with Crippen LogP contribution >= 0.6 is 0 Å². The number of benzene rings is 1. The molecule has 1 atom stereocenters. The van der Waals surface area contributed by atoms with Crippen molar-refractivity contribution in [2.75, 3.05) is 19.0 Å². The maximum absolute atomic E-state index is 2.28. The number of hydrogen-bond acceptors (Lipinski definition) is 2. The van der Waals surface area contributed by atoms with Gasteiger partial charge in [-0.25, -0.2) is 0 Å². The van der Waals surface area contributed by atoms with Gasteiger partial charge in [0, 0.05) is 43.8 Å². The highest BCUT2D eigenvalue weighted by Gasteiger charge is 2.31. The number of likely N-dealkylation sites (N-methyl/N-ethyl adjacent to an activating group) is 1. The summed E-state index contributed by atoms with van der Waals surface area (Å²) in [5, 5.41) is 0. The van der Waals surface area contributed by atoms with Crippen molar-refractivity contribution in [3.05, 3.63) is 54.0 Å². The Labute approximate surface area is 90.1 Å². The van der Waals surface area contributed by atoms with Crippen molar-refractivity contribution in [1.29, 1.82) is 0 Å². The third-order valence-corrected chi connectivity index (χ3v) is 3.19. The van der Waals surface area contributed by atoms with Crippen LogP contribution in [0.2, 0.25) is 0 Å². The van der Waals surface area contributed by atoms with E-state index in [-0.39, 0.29) is 0 Å². The molecular formula is C13H14N2. The minimum Gasteiger partial charge on any atom is -0.356 e. The molecule has 2 nitrogen and oxygen atoms in total. The lowest BCUT2D eigenvalue weighted by atomic mass is 9.98. The molecular weight excluding hydrogens is 184 g/mol. The third-order valence-electron chi connectivity index (χ3n) is 3.19. The predicted molar refractivity (Wildman–Crippen MR) is 62.6 cm³/mol. The van der Waals surface area contributed by atoms with Crippen molar-refractivity contribution in [2.45, 2.75) is 5.92 Å². The van der Waals surface area contributed by atoms with Crippen LogP contribution in [0.25, 0.3) is 0 Å². The molecule has 15 heavy (non-hydrogen) atoms. The summed E-state index contributed by atoms with van der Waals surface area (Å²) >= 11 is 0. The van der Waals surface area contributed by atoms with E-state index < -0.39 is 0 Å². The number of hydrogen-bond donors (Lipinski definition) is 0. The number of nitrogens with zero attached hydrogens (tertiary/aromatic N) is 2. The van der Waals surface area contributed by atoms with E-state index in [4.69, 9.17) is 0 Å². The number of rotatable bonds is 0. The van der Waals surface area contributed by atoms with E-state index in [0.29, 0.717) is 5.92 Å². The molecule has 0 spiro atoms. The van der Waals surface area contributed by atoms with Crippen LogP contribution in [0.3, 0.4) is 0 Å². The molecule has 0 radical (unpaired) electrons. The Morgan fingerprint density at radius 3 is 2.80 bits per heavy atom. The van der Waals surface area contributed by atoms with E-state index in [0.717, 1.165) is 0 Å². The Morgan fingerprint density at radius 2 is 1.93 bits per heavy atom. The maximum Gasteiger partial charge on any atom is 0.0475 e. The minimum absolute atomic E-state index is 0.447. The van der Waals surface area contributed by atoms with E-state index in [2.05, 4.69) is 66.6 Å².